The lowest BCUT2D eigenvalue weighted by Gasteiger charge is -2.16. The maximum absolute atomic E-state index is 10.6. The molecule has 0 saturated carbocycles. The number of hydrogen-bond acceptors (Lipinski definition) is 3. The van der Waals surface area contributed by atoms with Gasteiger partial charge in [-0.25, -0.2) is 0 Å². The number of carbonyl (C=O) groups excluding carboxylic acids is 1. The fourth-order valence-corrected chi connectivity index (χ4v) is 2.10. The standard InChI is InChI=1S/C13H18N2O2/c1-13(2)6-10-5-9(3-4-11(10)17-13)7-15-8-12(14)16/h3-5,15H,6-8H2,1-2H3,(H2,14,16). The van der Waals surface area contributed by atoms with Crippen molar-refractivity contribution < 1.29 is 9.53 Å². The Kier molecular flexibility index (Phi) is 3.07. The predicted molar refractivity (Wildman–Crippen MR) is 65.8 cm³/mol. The van der Waals surface area contributed by atoms with Crippen molar-refractivity contribution in [3.63, 3.8) is 0 Å². The van der Waals surface area contributed by atoms with Gasteiger partial charge in [0.2, 0.25) is 5.91 Å². The summed E-state index contributed by atoms with van der Waals surface area (Å²) in [5, 5.41) is 3.00. The van der Waals surface area contributed by atoms with E-state index in [9.17, 15) is 4.79 Å². The van der Waals surface area contributed by atoms with Crippen molar-refractivity contribution in [2.24, 2.45) is 5.73 Å². The second-order valence-corrected chi connectivity index (χ2v) is 5.05. The van der Waals surface area contributed by atoms with Gasteiger partial charge in [-0.15, -0.1) is 0 Å². The second-order valence-electron chi connectivity index (χ2n) is 5.05. The van der Waals surface area contributed by atoms with Crippen LogP contribution in [0.25, 0.3) is 0 Å². The molecule has 4 nitrogen and oxygen atoms in total. The molecule has 1 aliphatic rings. The lowest BCUT2D eigenvalue weighted by molar-refractivity contribution is -0.117. The highest BCUT2D eigenvalue weighted by molar-refractivity contribution is 5.75. The summed E-state index contributed by atoms with van der Waals surface area (Å²) in [4.78, 5) is 10.6. The molecule has 0 fully saturated rings. The molecule has 17 heavy (non-hydrogen) atoms. The highest BCUT2D eigenvalue weighted by Gasteiger charge is 2.29. The third-order valence-electron chi connectivity index (χ3n) is 2.76. The van der Waals surface area contributed by atoms with Crippen molar-refractivity contribution in [2.45, 2.75) is 32.4 Å². The second kappa shape index (κ2) is 4.37. The van der Waals surface area contributed by atoms with Crippen molar-refractivity contribution in [1.82, 2.24) is 5.32 Å². The zero-order valence-corrected chi connectivity index (χ0v) is 10.2. The number of rotatable bonds is 4. The van der Waals surface area contributed by atoms with E-state index in [1.54, 1.807) is 0 Å². The average molecular weight is 234 g/mol. The van der Waals surface area contributed by atoms with E-state index in [0.29, 0.717) is 6.54 Å². The number of amides is 1. The van der Waals surface area contributed by atoms with Crippen LogP contribution < -0.4 is 15.8 Å². The summed E-state index contributed by atoms with van der Waals surface area (Å²) in [7, 11) is 0. The third kappa shape index (κ3) is 2.97. The van der Waals surface area contributed by atoms with Gasteiger partial charge < -0.3 is 15.8 Å². The molecule has 0 atom stereocenters. The quantitative estimate of drug-likeness (QED) is 0.816. The number of benzene rings is 1. The molecule has 0 aromatic heterocycles. The number of hydrogen-bond donors (Lipinski definition) is 2. The van der Waals surface area contributed by atoms with Crippen LogP contribution in [0.1, 0.15) is 25.0 Å². The number of nitrogens with one attached hydrogen (secondary N) is 1. The number of ether oxygens (including phenoxy) is 1. The molecule has 0 saturated heterocycles. The fourth-order valence-electron chi connectivity index (χ4n) is 2.10. The van der Waals surface area contributed by atoms with Gasteiger partial charge in [-0.05, 0) is 31.0 Å². The van der Waals surface area contributed by atoms with E-state index in [1.807, 2.05) is 12.1 Å². The Bertz CT molecular complexity index is 441. The van der Waals surface area contributed by atoms with Crippen LogP contribution in [0.2, 0.25) is 0 Å². The molecule has 0 spiro atoms. The molecular formula is C13H18N2O2. The maximum Gasteiger partial charge on any atom is 0.231 e. The van der Waals surface area contributed by atoms with E-state index in [-0.39, 0.29) is 18.1 Å². The zero-order valence-electron chi connectivity index (χ0n) is 10.2. The Morgan fingerprint density at radius 3 is 3.00 bits per heavy atom. The first-order chi connectivity index (χ1) is 7.96. The Morgan fingerprint density at radius 1 is 1.53 bits per heavy atom. The van der Waals surface area contributed by atoms with Crippen LogP contribution in [0.5, 0.6) is 5.75 Å². The highest BCUT2D eigenvalue weighted by Crippen LogP contribution is 2.35. The molecule has 1 heterocycles. The van der Waals surface area contributed by atoms with Crippen LogP contribution in [0.4, 0.5) is 0 Å². The molecule has 1 amide bonds. The zero-order chi connectivity index (χ0) is 12.5. The minimum absolute atomic E-state index is 0.110. The molecule has 2 rings (SSSR count). The van der Waals surface area contributed by atoms with Gasteiger partial charge in [0.1, 0.15) is 11.4 Å². The van der Waals surface area contributed by atoms with Crippen LogP contribution in [-0.4, -0.2) is 18.1 Å². The minimum Gasteiger partial charge on any atom is -0.487 e. The van der Waals surface area contributed by atoms with Crippen molar-refractivity contribution in [3.05, 3.63) is 29.3 Å². The molecule has 1 aliphatic heterocycles. The summed E-state index contributed by atoms with van der Waals surface area (Å²) < 4.78 is 5.80. The van der Waals surface area contributed by atoms with Crippen LogP contribution in [0.15, 0.2) is 18.2 Å². The van der Waals surface area contributed by atoms with Crippen LogP contribution in [0, 0.1) is 0 Å². The molecule has 1 aromatic rings. The van der Waals surface area contributed by atoms with E-state index in [4.69, 9.17) is 10.5 Å². The molecule has 0 unspecified atom stereocenters. The van der Waals surface area contributed by atoms with E-state index in [0.717, 1.165) is 17.7 Å². The van der Waals surface area contributed by atoms with Gasteiger partial charge in [0, 0.05) is 13.0 Å². The van der Waals surface area contributed by atoms with Crippen LogP contribution >= 0.6 is 0 Å². The summed E-state index contributed by atoms with van der Waals surface area (Å²) in [6.07, 6.45) is 0.923. The fraction of sp³-hybridized carbons (Fsp3) is 0.462. The topological polar surface area (TPSA) is 64.3 Å². The maximum atomic E-state index is 10.6. The number of primary amides is 1. The smallest absolute Gasteiger partial charge is 0.231 e. The van der Waals surface area contributed by atoms with Gasteiger partial charge in [0.05, 0.1) is 6.54 Å². The van der Waals surface area contributed by atoms with E-state index in [1.165, 1.54) is 5.56 Å². The Hall–Kier alpha value is -1.55. The SMILES string of the molecule is CC1(C)Cc2cc(CNCC(N)=O)ccc2O1. The van der Waals surface area contributed by atoms with Crippen molar-refractivity contribution in [2.75, 3.05) is 6.54 Å². The first-order valence-corrected chi connectivity index (χ1v) is 5.76. The molecule has 0 aliphatic carbocycles. The van der Waals surface area contributed by atoms with Gasteiger partial charge in [0.25, 0.3) is 0 Å². The largest absolute Gasteiger partial charge is 0.487 e. The summed E-state index contributed by atoms with van der Waals surface area (Å²) in [5.41, 5.74) is 7.33. The molecule has 1 aromatic carbocycles. The van der Waals surface area contributed by atoms with E-state index < -0.39 is 0 Å². The van der Waals surface area contributed by atoms with Crippen molar-refractivity contribution >= 4 is 5.91 Å². The lowest BCUT2D eigenvalue weighted by Crippen LogP contribution is -2.28. The van der Waals surface area contributed by atoms with Gasteiger partial charge in [-0.3, -0.25) is 4.79 Å². The van der Waals surface area contributed by atoms with Crippen molar-refractivity contribution in [1.29, 1.82) is 0 Å². The van der Waals surface area contributed by atoms with Gasteiger partial charge >= 0.3 is 0 Å². The van der Waals surface area contributed by atoms with E-state index >= 15 is 0 Å². The summed E-state index contributed by atoms with van der Waals surface area (Å²) >= 11 is 0. The molecular weight excluding hydrogens is 216 g/mol. The molecule has 3 N–H and O–H groups in total. The van der Waals surface area contributed by atoms with Gasteiger partial charge in [-0.2, -0.15) is 0 Å². The number of nitrogens with two attached hydrogens (primary N) is 1. The Labute approximate surface area is 101 Å². The predicted octanol–water partition coefficient (Wildman–Crippen LogP) is 0.975. The third-order valence-corrected chi connectivity index (χ3v) is 2.76. The number of fused-ring (bicyclic) bond motifs is 1. The van der Waals surface area contributed by atoms with Crippen LogP contribution in [0.3, 0.4) is 0 Å². The van der Waals surface area contributed by atoms with Gasteiger partial charge in [0.15, 0.2) is 0 Å². The van der Waals surface area contributed by atoms with Gasteiger partial charge in [-0.1, -0.05) is 12.1 Å². The molecule has 4 heteroatoms. The highest BCUT2D eigenvalue weighted by atomic mass is 16.5. The molecule has 92 valence electrons. The normalized spacial score (nSPS) is 16.4. The first kappa shape index (κ1) is 11.9. The molecule has 0 radical (unpaired) electrons. The average Bonchev–Trinajstić information content (AvgIpc) is 2.50. The minimum atomic E-state index is -0.337. The van der Waals surface area contributed by atoms with Crippen LogP contribution in [-0.2, 0) is 17.8 Å². The Morgan fingerprint density at radius 2 is 2.29 bits per heavy atom. The number of carbonyl (C=O) groups is 1. The molecule has 0 bridgehead atoms. The lowest BCUT2D eigenvalue weighted by atomic mass is 10.0. The Balaban J connectivity index is 2.01. The van der Waals surface area contributed by atoms with E-state index in [2.05, 4.69) is 25.2 Å². The monoisotopic (exact) mass is 234 g/mol. The summed E-state index contributed by atoms with van der Waals surface area (Å²) in [5.74, 6) is 0.629. The van der Waals surface area contributed by atoms with Crippen molar-refractivity contribution in [3.8, 4) is 5.75 Å². The first-order valence-electron chi connectivity index (χ1n) is 5.76. The summed E-state index contributed by atoms with van der Waals surface area (Å²) in [6, 6.07) is 6.12. The summed E-state index contributed by atoms with van der Waals surface area (Å²) in [6.45, 7) is 5.02.